The van der Waals surface area contributed by atoms with Crippen molar-refractivity contribution in [3.63, 3.8) is 0 Å². The molecule has 0 bridgehead atoms. The number of fused-ring (bicyclic) bond motifs is 2. The number of rotatable bonds is 3. The molecule has 2 aromatic carbocycles. The van der Waals surface area contributed by atoms with Gasteiger partial charge in [-0.1, -0.05) is 22.0 Å². The van der Waals surface area contributed by atoms with Crippen LogP contribution < -0.4 is 4.90 Å². The lowest BCUT2D eigenvalue weighted by Gasteiger charge is -2.40. The Hall–Kier alpha value is -2.46. The van der Waals surface area contributed by atoms with Crippen LogP contribution in [0, 0.1) is 11.3 Å². The highest BCUT2D eigenvalue weighted by atomic mass is 79.9. The lowest BCUT2D eigenvalue weighted by molar-refractivity contribution is -0.0329. The van der Waals surface area contributed by atoms with Crippen LogP contribution >= 0.6 is 15.9 Å². The first-order valence-corrected chi connectivity index (χ1v) is 11.1. The number of morpholine rings is 1. The molecule has 2 atom stereocenters. The number of halogens is 1. The van der Waals surface area contributed by atoms with Gasteiger partial charge in [-0.2, -0.15) is 5.26 Å². The van der Waals surface area contributed by atoms with Gasteiger partial charge in [-0.15, -0.1) is 0 Å². The molecule has 3 aromatic rings. The SMILES string of the molecule is C[C@H]1CN(c2ccc(C#N)c3ncccc23)C[C@@H](CN2Cc3ccc(Br)cc3C2)O1. The average molecular weight is 463 g/mol. The summed E-state index contributed by atoms with van der Waals surface area (Å²) in [7, 11) is 0. The number of hydrogen-bond donors (Lipinski definition) is 0. The molecule has 5 rings (SSSR count). The summed E-state index contributed by atoms with van der Waals surface area (Å²) in [5.41, 5.74) is 5.32. The molecule has 0 unspecified atom stereocenters. The van der Waals surface area contributed by atoms with Crippen molar-refractivity contribution in [2.45, 2.75) is 32.2 Å². The number of nitriles is 1. The number of hydrogen-bond acceptors (Lipinski definition) is 5. The summed E-state index contributed by atoms with van der Waals surface area (Å²) in [6, 6.07) is 16.8. The van der Waals surface area contributed by atoms with Crippen molar-refractivity contribution in [1.82, 2.24) is 9.88 Å². The predicted octanol–water partition coefficient (Wildman–Crippen LogP) is 4.48. The summed E-state index contributed by atoms with van der Waals surface area (Å²) in [6.07, 6.45) is 2.03. The summed E-state index contributed by atoms with van der Waals surface area (Å²) in [4.78, 5) is 9.33. The second-order valence-electron chi connectivity index (χ2n) is 8.20. The van der Waals surface area contributed by atoms with Crippen LogP contribution in [0.15, 0.2) is 53.1 Å². The first-order chi connectivity index (χ1) is 14.6. The maximum Gasteiger partial charge on any atom is 0.101 e. The Balaban J connectivity index is 1.36. The van der Waals surface area contributed by atoms with E-state index in [9.17, 15) is 5.26 Å². The highest BCUT2D eigenvalue weighted by molar-refractivity contribution is 9.10. The van der Waals surface area contributed by atoms with Gasteiger partial charge in [0.2, 0.25) is 0 Å². The van der Waals surface area contributed by atoms with Gasteiger partial charge in [0.25, 0.3) is 0 Å². The van der Waals surface area contributed by atoms with Gasteiger partial charge in [-0.3, -0.25) is 9.88 Å². The Bertz CT molecular complexity index is 1140. The highest BCUT2D eigenvalue weighted by Crippen LogP contribution is 2.31. The van der Waals surface area contributed by atoms with E-state index in [1.54, 1.807) is 6.20 Å². The van der Waals surface area contributed by atoms with E-state index in [-0.39, 0.29) is 12.2 Å². The third-order valence-corrected chi connectivity index (χ3v) is 6.45. The quantitative estimate of drug-likeness (QED) is 0.574. The van der Waals surface area contributed by atoms with Gasteiger partial charge in [0, 0.05) is 54.5 Å². The Labute approximate surface area is 185 Å². The second-order valence-corrected chi connectivity index (χ2v) is 9.12. The lowest BCUT2D eigenvalue weighted by Crippen LogP contribution is -2.50. The van der Waals surface area contributed by atoms with E-state index in [1.807, 2.05) is 12.1 Å². The number of ether oxygens (including phenoxy) is 1. The minimum atomic E-state index is 0.133. The molecule has 1 fully saturated rings. The van der Waals surface area contributed by atoms with E-state index in [2.05, 4.69) is 74.0 Å². The van der Waals surface area contributed by atoms with Crippen molar-refractivity contribution in [3.05, 3.63) is 69.8 Å². The fourth-order valence-corrected chi connectivity index (χ4v) is 5.13. The molecule has 0 spiro atoms. The first-order valence-electron chi connectivity index (χ1n) is 10.3. The Morgan fingerprint density at radius 3 is 2.90 bits per heavy atom. The van der Waals surface area contributed by atoms with Gasteiger partial charge in [-0.05, 0) is 54.4 Å². The zero-order chi connectivity index (χ0) is 20.7. The van der Waals surface area contributed by atoms with Crippen molar-refractivity contribution >= 4 is 32.5 Å². The normalized spacial score (nSPS) is 21.6. The van der Waals surface area contributed by atoms with Crippen molar-refractivity contribution in [3.8, 4) is 6.07 Å². The predicted molar refractivity (Wildman–Crippen MR) is 121 cm³/mol. The third kappa shape index (κ3) is 3.69. The molecule has 5 nitrogen and oxygen atoms in total. The maximum absolute atomic E-state index is 9.44. The summed E-state index contributed by atoms with van der Waals surface area (Å²) < 4.78 is 7.46. The standard InChI is InChI=1S/C24H23BrN4O/c1-16-11-29(23-7-5-17(10-26)24-22(23)3-2-8-27-24)15-21(30-16)14-28-12-18-4-6-20(25)9-19(18)13-28/h2-9,16,21H,11-15H2,1H3/t16-,21+/m0/s1. The molecule has 30 heavy (non-hydrogen) atoms. The Morgan fingerprint density at radius 2 is 2.03 bits per heavy atom. The number of nitrogens with zero attached hydrogens (tertiary/aromatic N) is 4. The van der Waals surface area contributed by atoms with E-state index >= 15 is 0 Å². The Morgan fingerprint density at radius 1 is 1.17 bits per heavy atom. The molecule has 2 aliphatic rings. The summed E-state index contributed by atoms with van der Waals surface area (Å²) in [5, 5.41) is 10.5. The summed E-state index contributed by atoms with van der Waals surface area (Å²) >= 11 is 3.58. The molecule has 6 heteroatoms. The first kappa shape index (κ1) is 19.5. The molecular weight excluding hydrogens is 440 g/mol. The fourth-order valence-electron chi connectivity index (χ4n) is 4.72. The molecule has 152 valence electrons. The Kier molecular flexibility index (Phi) is 5.20. The van der Waals surface area contributed by atoms with Gasteiger partial charge in [0.15, 0.2) is 0 Å². The van der Waals surface area contributed by atoms with Crippen molar-refractivity contribution in [2.24, 2.45) is 0 Å². The number of pyridine rings is 1. The van der Waals surface area contributed by atoms with Crippen LogP contribution in [0.3, 0.4) is 0 Å². The molecule has 3 heterocycles. The zero-order valence-electron chi connectivity index (χ0n) is 16.9. The van der Waals surface area contributed by atoms with Gasteiger partial charge in [0.05, 0.1) is 23.3 Å². The van der Waals surface area contributed by atoms with Gasteiger partial charge in [0.1, 0.15) is 6.07 Å². The van der Waals surface area contributed by atoms with Crippen LogP contribution in [0.5, 0.6) is 0 Å². The largest absolute Gasteiger partial charge is 0.370 e. The monoisotopic (exact) mass is 462 g/mol. The molecule has 2 aliphatic heterocycles. The van der Waals surface area contributed by atoms with Crippen LogP contribution in [-0.2, 0) is 17.8 Å². The third-order valence-electron chi connectivity index (χ3n) is 5.95. The summed E-state index contributed by atoms with van der Waals surface area (Å²) in [5.74, 6) is 0. The van der Waals surface area contributed by atoms with Crippen molar-refractivity contribution < 1.29 is 4.74 Å². The molecular formula is C24H23BrN4O. The summed E-state index contributed by atoms with van der Waals surface area (Å²) in [6.45, 7) is 6.64. The van der Waals surface area contributed by atoms with Crippen LogP contribution in [-0.4, -0.2) is 41.7 Å². The maximum atomic E-state index is 9.44. The molecule has 1 aromatic heterocycles. The molecule has 0 N–H and O–H groups in total. The van der Waals surface area contributed by atoms with E-state index in [0.717, 1.165) is 53.8 Å². The van der Waals surface area contributed by atoms with E-state index in [0.29, 0.717) is 5.56 Å². The van der Waals surface area contributed by atoms with E-state index in [4.69, 9.17) is 4.74 Å². The number of aromatic nitrogens is 1. The smallest absolute Gasteiger partial charge is 0.101 e. The molecule has 0 saturated carbocycles. The number of benzene rings is 2. The average Bonchev–Trinajstić information content (AvgIpc) is 3.13. The molecule has 0 aliphatic carbocycles. The number of anilines is 1. The highest BCUT2D eigenvalue weighted by Gasteiger charge is 2.30. The lowest BCUT2D eigenvalue weighted by atomic mass is 10.1. The van der Waals surface area contributed by atoms with E-state index < -0.39 is 0 Å². The molecule has 0 radical (unpaired) electrons. The van der Waals surface area contributed by atoms with Crippen LogP contribution in [0.1, 0.15) is 23.6 Å². The minimum absolute atomic E-state index is 0.133. The minimum Gasteiger partial charge on any atom is -0.370 e. The second kappa shape index (κ2) is 7.99. The molecule has 0 amide bonds. The topological polar surface area (TPSA) is 52.4 Å². The zero-order valence-corrected chi connectivity index (χ0v) is 18.5. The van der Waals surface area contributed by atoms with Gasteiger partial charge < -0.3 is 9.64 Å². The van der Waals surface area contributed by atoms with Crippen molar-refractivity contribution in [1.29, 1.82) is 5.26 Å². The van der Waals surface area contributed by atoms with Crippen molar-refractivity contribution in [2.75, 3.05) is 24.5 Å². The van der Waals surface area contributed by atoms with Crippen LogP contribution in [0.2, 0.25) is 0 Å². The van der Waals surface area contributed by atoms with E-state index in [1.165, 1.54) is 11.1 Å². The van der Waals surface area contributed by atoms with Gasteiger partial charge >= 0.3 is 0 Å². The van der Waals surface area contributed by atoms with Crippen LogP contribution in [0.4, 0.5) is 5.69 Å². The van der Waals surface area contributed by atoms with Gasteiger partial charge in [-0.25, -0.2) is 0 Å². The fraction of sp³-hybridized carbons (Fsp3) is 0.333. The molecule has 1 saturated heterocycles. The van der Waals surface area contributed by atoms with Crippen LogP contribution in [0.25, 0.3) is 10.9 Å².